The third kappa shape index (κ3) is 3.04. The fraction of sp³-hybridized carbons (Fsp3) is 0.524. The monoisotopic (exact) mass is 472 g/mol. The number of nitrogens with one attached hydrogen (secondary N) is 7. The molecule has 1 aromatic rings. The van der Waals surface area contributed by atoms with Crippen molar-refractivity contribution in [1.29, 1.82) is 10.8 Å². The van der Waals surface area contributed by atoms with Crippen LogP contribution in [0.1, 0.15) is 34.3 Å². The number of nitrogens with zero attached hydrogens (tertiary/aromatic N) is 1. The smallest absolute Gasteiger partial charge is 0.268 e. The molecule has 1 spiro atoms. The molecular formula is C21H28N8O5. The maximum absolute atomic E-state index is 13.3. The zero-order valence-corrected chi connectivity index (χ0v) is 18.6. The average Bonchev–Trinajstić information content (AvgIpc) is 3.27. The molecule has 3 fully saturated rings. The van der Waals surface area contributed by atoms with Crippen molar-refractivity contribution in [3.63, 3.8) is 0 Å². The molecule has 0 saturated carbocycles. The standard InChI is InChI=1S/C21H28N8O5/c1-34-28-17(31)14-15-20(27-18(22)26-15)21(32,33)13(9-29(20)19(23)25-14)24-16(30)12-8-4-6-10-5-2-3-7-11(10)12/h4,6,8,13-15,32-33H,2-3,5,7,9H2,1H3,(H2,23,25)(H,24,30)(H,28,31)(H3,22,26,27)/t13-,14+,15?,20?/m0/s1. The van der Waals surface area contributed by atoms with E-state index < -0.39 is 41.4 Å². The van der Waals surface area contributed by atoms with Crippen LogP contribution in [-0.4, -0.2) is 82.1 Å². The lowest BCUT2D eigenvalue weighted by Crippen LogP contribution is -2.82. The van der Waals surface area contributed by atoms with E-state index in [0.29, 0.717) is 5.56 Å². The molecule has 4 aliphatic rings. The minimum atomic E-state index is -2.65. The third-order valence-corrected chi connectivity index (χ3v) is 7.23. The molecular weight excluding hydrogens is 444 g/mol. The van der Waals surface area contributed by atoms with Gasteiger partial charge in [-0.05, 0) is 42.9 Å². The molecule has 2 amide bonds. The van der Waals surface area contributed by atoms with Gasteiger partial charge in [0.2, 0.25) is 5.79 Å². The summed E-state index contributed by atoms with van der Waals surface area (Å²) >= 11 is 0. The molecule has 5 rings (SSSR count). The SMILES string of the molecule is CONC(=O)[C@@H]1NC(=N)N2C[C@H](NC(=O)c3cccc4c3CCCC4)C(O)(O)C23NC(=N)NC13. The Labute approximate surface area is 195 Å². The summed E-state index contributed by atoms with van der Waals surface area (Å²) in [6.45, 7) is -0.142. The predicted octanol–water partition coefficient (Wildman–Crippen LogP) is -2.56. The maximum atomic E-state index is 13.3. The van der Waals surface area contributed by atoms with Crippen LogP contribution in [0.2, 0.25) is 0 Å². The first-order valence-corrected chi connectivity index (χ1v) is 11.2. The second-order valence-electron chi connectivity index (χ2n) is 9.04. The predicted molar refractivity (Wildman–Crippen MR) is 119 cm³/mol. The highest BCUT2D eigenvalue weighted by Crippen LogP contribution is 2.43. The van der Waals surface area contributed by atoms with Gasteiger partial charge in [-0.15, -0.1) is 0 Å². The van der Waals surface area contributed by atoms with Gasteiger partial charge < -0.3 is 36.4 Å². The molecule has 13 heteroatoms. The maximum Gasteiger partial charge on any atom is 0.268 e. The summed E-state index contributed by atoms with van der Waals surface area (Å²) in [5.74, 6) is -4.29. The van der Waals surface area contributed by atoms with Crippen molar-refractivity contribution in [3.05, 3.63) is 34.9 Å². The molecule has 3 saturated heterocycles. The number of amides is 2. The van der Waals surface area contributed by atoms with Crippen molar-refractivity contribution in [2.24, 2.45) is 0 Å². The van der Waals surface area contributed by atoms with Crippen LogP contribution < -0.4 is 26.7 Å². The van der Waals surface area contributed by atoms with Crippen LogP contribution in [0.3, 0.4) is 0 Å². The van der Waals surface area contributed by atoms with E-state index >= 15 is 0 Å². The van der Waals surface area contributed by atoms with Gasteiger partial charge in [0.15, 0.2) is 17.6 Å². The summed E-state index contributed by atoms with van der Waals surface area (Å²) in [4.78, 5) is 31.9. The van der Waals surface area contributed by atoms with Crippen LogP contribution in [0, 0.1) is 10.8 Å². The van der Waals surface area contributed by atoms with Crippen molar-refractivity contribution < 1.29 is 24.6 Å². The lowest BCUT2D eigenvalue weighted by Gasteiger charge is -2.50. The number of hydrogen-bond donors (Lipinski definition) is 9. The van der Waals surface area contributed by atoms with Crippen molar-refractivity contribution in [2.45, 2.75) is 55.3 Å². The van der Waals surface area contributed by atoms with E-state index in [-0.39, 0.29) is 18.5 Å². The number of fused-ring (bicyclic) bond motifs is 1. The van der Waals surface area contributed by atoms with Crippen LogP contribution in [0.25, 0.3) is 0 Å². The number of carbonyl (C=O) groups is 2. The Balaban J connectivity index is 1.48. The molecule has 0 aromatic heterocycles. The van der Waals surface area contributed by atoms with E-state index in [9.17, 15) is 19.8 Å². The molecule has 3 heterocycles. The average molecular weight is 473 g/mol. The number of carbonyl (C=O) groups excluding carboxylic acids is 2. The summed E-state index contributed by atoms with van der Waals surface area (Å²) in [6, 6.07) is 2.07. The number of aryl methyl sites for hydroxylation is 1. The first-order chi connectivity index (χ1) is 16.2. The van der Waals surface area contributed by atoms with Crippen LogP contribution in [0.15, 0.2) is 18.2 Å². The van der Waals surface area contributed by atoms with Crippen LogP contribution >= 0.6 is 0 Å². The molecule has 0 radical (unpaired) electrons. The van der Waals surface area contributed by atoms with E-state index in [1.54, 1.807) is 6.07 Å². The van der Waals surface area contributed by atoms with Gasteiger partial charge >= 0.3 is 0 Å². The molecule has 3 aliphatic heterocycles. The highest BCUT2D eigenvalue weighted by molar-refractivity contribution is 5.97. The second kappa shape index (κ2) is 7.82. The van der Waals surface area contributed by atoms with Crippen molar-refractivity contribution in [1.82, 2.24) is 31.6 Å². The number of hydroxylamine groups is 1. The highest BCUT2D eigenvalue weighted by atomic mass is 16.6. The summed E-state index contributed by atoms with van der Waals surface area (Å²) in [7, 11) is 1.25. The molecule has 182 valence electrons. The third-order valence-electron chi connectivity index (χ3n) is 7.23. The zero-order chi connectivity index (χ0) is 24.3. The summed E-state index contributed by atoms with van der Waals surface area (Å²) in [6.07, 6.45) is 3.72. The summed E-state index contributed by atoms with van der Waals surface area (Å²) < 4.78 is 0. The minimum absolute atomic E-state index is 0.142. The number of aliphatic hydroxyl groups is 2. The van der Waals surface area contributed by atoms with Crippen LogP contribution in [0.4, 0.5) is 0 Å². The van der Waals surface area contributed by atoms with E-state index in [0.717, 1.165) is 36.8 Å². The van der Waals surface area contributed by atoms with Gasteiger partial charge in [-0.2, -0.15) is 0 Å². The van der Waals surface area contributed by atoms with E-state index in [2.05, 4.69) is 31.6 Å². The van der Waals surface area contributed by atoms with E-state index in [1.165, 1.54) is 12.0 Å². The zero-order valence-electron chi connectivity index (χ0n) is 18.6. The Morgan fingerprint density at radius 1 is 1.21 bits per heavy atom. The Kier molecular flexibility index (Phi) is 5.15. The van der Waals surface area contributed by atoms with Crippen LogP contribution in [-0.2, 0) is 22.5 Å². The van der Waals surface area contributed by atoms with Gasteiger partial charge in [0, 0.05) is 12.1 Å². The van der Waals surface area contributed by atoms with E-state index in [4.69, 9.17) is 10.8 Å². The number of benzene rings is 1. The van der Waals surface area contributed by atoms with Crippen molar-refractivity contribution in [3.8, 4) is 0 Å². The van der Waals surface area contributed by atoms with Crippen molar-refractivity contribution >= 4 is 23.7 Å². The summed E-state index contributed by atoms with van der Waals surface area (Å²) in [5, 5.41) is 50.3. The molecule has 1 aliphatic carbocycles. The van der Waals surface area contributed by atoms with Gasteiger partial charge in [0.25, 0.3) is 11.8 Å². The number of guanidine groups is 2. The fourth-order valence-electron chi connectivity index (χ4n) is 5.70. The van der Waals surface area contributed by atoms with Gasteiger partial charge in [0.1, 0.15) is 18.1 Å². The summed E-state index contributed by atoms with van der Waals surface area (Å²) in [5.41, 5.74) is 2.88. The number of hydrogen-bond acceptors (Lipinski definition) is 7. The first-order valence-electron chi connectivity index (χ1n) is 11.2. The molecule has 2 unspecified atom stereocenters. The van der Waals surface area contributed by atoms with Gasteiger partial charge in [0.05, 0.1) is 7.11 Å². The Morgan fingerprint density at radius 3 is 2.74 bits per heavy atom. The first kappa shape index (κ1) is 22.4. The molecule has 9 N–H and O–H groups in total. The fourth-order valence-corrected chi connectivity index (χ4v) is 5.70. The van der Waals surface area contributed by atoms with Gasteiger partial charge in [-0.3, -0.25) is 25.2 Å². The number of rotatable bonds is 4. The lowest BCUT2D eigenvalue weighted by molar-refractivity contribution is -0.232. The Morgan fingerprint density at radius 2 is 1.97 bits per heavy atom. The largest absolute Gasteiger partial charge is 0.361 e. The molecule has 4 atom stereocenters. The molecule has 13 nitrogen and oxygen atoms in total. The van der Waals surface area contributed by atoms with Crippen molar-refractivity contribution in [2.75, 3.05) is 13.7 Å². The Bertz CT molecular complexity index is 1080. The molecule has 34 heavy (non-hydrogen) atoms. The second-order valence-corrected chi connectivity index (χ2v) is 9.04. The minimum Gasteiger partial charge on any atom is -0.361 e. The van der Waals surface area contributed by atoms with Gasteiger partial charge in [-0.25, -0.2) is 5.48 Å². The normalized spacial score (nSPS) is 30.8. The molecule has 1 aromatic carbocycles. The topological polar surface area (TPSA) is 195 Å². The lowest BCUT2D eigenvalue weighted by atomic mass is 9.84. The van der Waals surface area contributed by atoms with E-state index in [1.807, 2.05) is 12.1 Å². The quantitative estimate of drug-likeness (QED) is 0.167. The Hall–Kier alpha value is -3.42. The molecule has 0 bridgehead atoms. The highest BCUT2D eigenvalue weighted by Gasteiger charge is 2.75. The van der Waals surface area contributed by atoms with Gasteiger partial charge in [-0.1, -0.05) is 12.1 Å². The van der Waals surface area contributed by atoms with Crippen LogP contribution in [0.5, 0.6) is 0 Å².